The summed E-state index contributed by atoms with van der Waals surface area (Å²) in [6.45, 7) is 2.46. The maximum Gasteiger partial charge on any atom is 0.236 e. The number of ether oxygens (including phenoxy) is 2. The molecule has 0 radical (unpaired) electrons. The Labute approximate surface area is 165 Å². The maximum atomic E-state index is 12.7. The van der Waals surface area contributed by atoms with Gasteiger partial charge in [0.15, 0.2) is 11.5 Å². The lowest BCUT2D eigenvalue weighted by atomic mass is 10.1. The van der Waals surface area contributed by atoms with Gasteiger partial charge in [-0.15, -0.1) is 0 Å². The number of nitrogens with one attached hydrogen (secondary N) is 1. The number of hydrogen-bond donors (Lipinski definition) is 1. The molecule has 0 saturated carbocycles. The Morgan fingerprint density at radius 3 is 2.61 bits per heavy atom. The van der Waals surface area contributed by atoms with Gasteiger partial charge in [0.2, 0.25) is 11.8 Å². The molecule has 0 spiro atoms. The van der Waals surface area contributed by atoms with E-state index in [1.54, 1.807) is 19.1 Å². The van der Waals surface area contributed by atoms with Gasteiger partial charge in [-0.3, -0.25) is 9.59 Å². The quantitative estimate of drug-likeness (QED) is 0.748. The first-order valence-corrected chi connectivity index (χ1v) is 9.41. The molecule has 1 aliphatic rings. The molecule has 0 bridgehead atoms. The van der Waals surface area contributed by atoms with E-state index in [4.69, 9.17) is 9.47 Å². The van der Waals surface area contributed by atoms with E-state index in [1.165, 1.54) is 0 Å². The SMILES string of the molecule is COc1ccc(CCNC(=O)CC(=O)N2c3ccccc3CC2C)cc1OC. The molecule has 3 rings (SSSR count). The smallest absolute Gasteiger partial charge is 0.236 e. The second-order valence-electron chi connectivity index (χ2n) is 6.91. The van der Waals surface area contributed by atoms with Gasteiger partial charge in [-0.25, -0.2) is 0 Å². The van der Waals surface area contributed by atoms with Crippen LogP contribution >= 0.6 is 0 Å². The van der Waals surface area contributed by atoms with Crippen LogP contribution in [0.5, 0.6) is 11.5 Å². The summed E-state index contributed by atoms with van der Waals surface area (Å²) in [5.41, 5.74) is 3.08. The molecule has 0 aliphatic carbocycles. The molecule has 2 aromatic carbocycles. The van der Waals surface area contributed by atoms with Crippen molar-refractivity contribution < 1.29 is 19.1 Å². The zero-order chi connectivity index (χ0) is 20.1. The zero-order valence-corrected chi connectivity index (χ0v) is 16.5. The van der Waals surface area contributed by atoms with Crippen LogP contribution in [-0.4, -0.2) is 38.6 Å². The summed E-state index contributed by atoms with van der Waals surface area (Å²) < 4.78 is 10.5. The Balaban J connectivity index is 1.52. The number of nitrogens with zero attached hydrogens (tertiary/aromatic N) is 1. The first-order chi connectivity index (χ1) is 13.5. The molecule has 0 saturated heterocycles. The van der Waals surface area contributed by atoms with Crippen LogP contribution in [0.15, 0.2) is 42.5 Å². The predicted octanol–water partition coefficient (Wildman–Crippen LogP) is 2.73. The van der Waals surface area contributed by atoms with Crippen LogP contribution in [0.4, 0.5) is 5.69 Å². The third-order valence-electron chi connectivity index (χ3n) is 4.97. The molecule has 2 aromatic rings. The first kappa shape index (κ1) is 19.7. The van der Waals surface area contributed by atoms with Crippen molar-refractivity contribution in [1.29, 1.82) is 0 Å². The highest BCUT2D eigenvalue weighted by Gasteiger charge is 2.31. The number of anilines is 1. The molecule has 0 fully saturated rings. The Kier molecular flexibility index (Phi) is 6.19. The van der Waals surface area contributed by atoms with Gasteiger partial charge < -0.3 is 19.7 Å². The summed E-state index contributed by atoms with van der Waals surface area (Å²) in [6, 6.07) is 13.6. The number of rotatable bonds is 7. The van der Waals surface area contributed by atoms with E-state index in [2.05, 4.69) is 5.32 Å². The van der Waals surface area contributed by atoms with Crippen molar-refractivity contribution in [1.82, 2.24) is 5.32 Å². The van der Waals surface area contributed by atoms with Crippen molar-refractivity contribution in [3.63, 3.8) is 0 Å². The van der Waals surface area contributed by atoms with Gasteiger partial charge >= 0.3 is 0 Å². The van der Waals surface area contributed by atoms with Crippen molar-refractivity contribution in [2.45, 2.75) is 32.2 Å². The number of methoxy groups -OCH3 is 2. The molecule has 6 nitrogen and oxygen atoms in total. The number of hydrogen-bond acceptors (Lipinski definition) is 4. The van der Waals surface area contributed by atoms with Crippen LogP contribution in [0.3, 0.4) is 0 Å². The molecule has 148 valence electrons. The van der Waals surface area contributed by atoms with E-state index >= 15 is 0 Å². The molecule has 1 heterocycles. The van der Waals surface area contributed by atoms with E-state index in [1.807, 2.05) is 49.4 Å². The van der Waals surface area contributed by atoms with Gasteiger partial charge in [0, 0.05) is 18.3 Å². The van der Waals surface area contributed by atoms with E-state index in [0.29, 0.717) is 24.5 Å². The second kappa shape index (κ2) is 8.78. The molecule has 28 heavy (non-hydrogen) atoms. The monoisotopic (exact) mass is 382 g/mol. The number of carbonyl (C=O) groups excluding carboxylic acids is 2. The number of benzene rings is 2. The van der Waals surface area contributed by atoms with Gasteiger partial charge in [-0.1, -0.05) is 24.3 Å². The van der Waals surface area contributed by atoms with Crippen LogP contribution in [0, 0.1) is 0 Å². The number of amides is 2. The lowest BCUT2D eigenvalue weighted by molar-refractivity contribution is -0.128. The molecule has 1 atom stereocenters. The molecule has 2 amide bonds. The van der Waals surface area contributed by atoms with Crippen molar-refractivity contribution in [2.75, 3.05) is 25.7 Å². The van der Waals surface area contributed by atoms with Crippen molar-refractivity contribution in [3.05, 3.63) is 53.6 Å². The van der Waals surface area contributed by atoms with Crippen LogP contribution in [0.25, 0.3) is 0 Å². The van der Waals surface area contributed by atoms with Crippen molar-refractivity contribution in [2.24, 2.45) is 0 Å². The topological polar surface area (TPSA) is 67.9 Å². The Morgan fingerprint density at radius 2 is 1.86 bits per heavy atom. The van der Waals surface area contributed by atoms with E-state index in [9.17, 15) is 9.59 Å². The van der Waals surface area contributed by atoms with Crippen molar-refractivity contribution in [3.8, 4) is 11.5 Å². The standard InChI is InChI=1S/C22H26N2O4/c1-15-12-17-6-4-5-7-18(17)24(15)22(26)14-21(25)23-11-10-16-8-9-19(27-2)20(13-16)28-3/h4-9,13,15H,10-12,14H2,1-3H3,(H,23,25). The van der Waals surface area contributed by atoms with Crippen LogP contribution < -0.4 is 19.7 Å². The lowest BCUT2D eigenvalue weighted by Crippen LogP contribution is -2.39. The zero-order valence-electron chi connectivity index (χ0n) is 16.5. The summed E-state index contributed by atoms with van der Waals surface area (Å²) in [5, 5.41) is 2.83. The minimum atomic E-state index is -0.262. The van der Waals surface area contributed by atoms with Gasteiger partial charge in [0.1, 0.15) is 6.42 Å². The molecule has 1 aliphatic heterocycles. The average molecular weight is 382 g/mol. The average Bonchev–Trinajstić information content (AvgIpc) is 3.03. The number of fused-ring (bicyclic) bond motifs is 1. The number of carbonyl (C=O) groups is 2. The summed E-state index contributed by atoms with van der Waals surface area (Å²) in [5.74, 6) is 0.896. The first-order valence-electron chi connectivity index (χ1n) is 9.41. The predicted molar refractivity (Wildman–Crippen MR) is 108 cm³/mol. The minimum absolute atomic E-state index is 0.0736. The fraction of sp³-hybridized carbons (Fsp3) is 0.364. The maximum absolute atomic E-state index is 12.7. The third kappa shape index (κ3) is 4.27. The molecule has 6 heteroatoms. The van der Waals surface area contributed by atoms with E-state index < -0.39 is 0 Å². The summed E-state index contributed by atoms with van der Waals surface area (Å²) >= 11 is 0. The second-order valence-corrected chi connectivity index (χ2v) is 6.91. The Morgan fingerprint density at radius 1 is 1.11 bits per heavy atom. The molecule has 1 N–H and O–H groups in total. The molecular weight excluding hydrogens is 356 g/mol. The summed E-state index contributed by atoms with van der Waals surface area (Å²) in [4.78, 5) is 26.6. The van der Waals surface area contributed by atoms with E-state index in [-0.39, 0.29) is 24.3 Å². The van der Waals surface area contributed by atoms with E-state index in [0.717, 1.165) is 23.2 Å². The van der Waals surface area contributed by atoms with Gasteiger partial charge in [-0.05, 0) is 49.1 Å². The number of para-hydroxylation sites is 1. The third-order valence-corrected chi connectivity index (χ3v) is 4.97. The highest BCUT2D eigenvalue weighted by molar-refractivity contribution is 6.06. The fourth-order valence-corrected chi connectivity index (χ4v) is 3.61. The Hall–Kier alpha value is -3.02. The van der Waals surface area contributed by atoms with Gasteiger partial charge in [0.25, 0.3) is 0 Å². The Bertz CT molecular complexity index is 865. The minimum Gasteiger partial charge on any atom is -0.493 e. The van der Waals surface area contributed by atoms with Crippen LogP contribution in [0.2, 0.25) is 0 Å². The largest absolute Gasteiger partial charge is 0.493 e. The van der Waals surface area contributed by atoms with Gasteiger partial charge in [0.05, 0.1) is 14.2 Å². The highest BCUT2D eigenvalue weighted by Crippen LogP contribution is 2.32. The summed E-state index contributed by atoms with van der Waals surface area (Å²) in [6.07, 6.45) is 1.32. The fourth-order valence-electron chi connectivity index (χ4n) is 3.61. The van der Waals surface area contributed by atoms with Crippen LogP contribution in [0.1, 0.15) is 24.5 Å². The normalized spacial score (nSPS) is 15.1. The van der Waals surface area contributed by atoms with Crippen molar-refractivity contribution >= 4 is 17.5 Å². The van der Waals surface area contributed by atoms with Crippen LogP contribution in [-0.2, 0) is 22.4 Å². The lowest BCUT2D eigenvalue weighted by Gasteiger charge is -2.22. The molecular formula is C22H26N2O4. The summed E-state index contributed by atoms with van der Waals surface area (Å²) in [7, 11) is 3.18. The molecule has 1 unspecified atom stereocenters. The highest BCUT2D eigenvalue weighted by atomic mass is 16.5. The van der Waals surface area contributed by atoms with Gasteiger partial charge in [-0.2, -0.15) is 0 Å². The molecule has 0 aromatic heterocycles.